The number of hydrogen-bond acceptors (Lipinski definition) is 6. The molecular weight excluding hydrogens is 749 g/mol. The maximum atomic E-state index is 13.5. The number of carbonyl (C=O) groups excluding carboxylic acids is 4. The van der Waals surface area contributed by atoms with E-state index in [-0.39, 0.29) is 23.9 Å². The van der Waals surface area contributed by atoms with Crippen LogP contribution < -0.4 is 20.3 Å². The minimum absolute atomic E-state index is 0.0519. The fourth-order valence-electron chi connectivity index (χ4n) is 5.05. The molecule has 1 fully saturated rings. The molecule has 5 aromatic rings. The number of carbonyl (C=O) groups is 4. The zero-order chi connectivity index (χ0) is 34.2. The van der Waals surface area contributed by atoms with Crippen LogP contribution in [0.25, 0.3) is 6.08 Å². The molecule has 0 saturated carbocycles. The van der Waals surface area contributed by atoms with E-state index in [1.165, 1.54) is 16.7 Å². The lowest BCUT2D eigenvalue weighted by Crippen LogP contribution is -2.31. The summed E-state index contributed by atoms with van der Waals surface area (Å²) in [7, 11) is 0. The van der Waals surface area contributed by atoms with Gasteiger partial charge in [-0.25, -0.2) is 4.90 Å². The van der Waals surface area contributed by atoms with E-state index >= 15 is 0 Å². The van der Waals surface area contributed by atoms with Crippen LogP contribution in [0.5, 0.6) is 5.75 Å². The number of amides is 4. The highest BCUT2D eigenvalue weighted by Crippen LogP contribution is 2.34. The van der Waals surface area contributed by atoms with Crippen molar-refractivity contribution in [1.29, 1.82) is 0 Å². The van der Waals surface area contributed by atoms with Crippen molar-refractivity contribution < 1.29 is 23.9 Å². The fraction of sp³-hybridized carbons (Fsp3) is 0.0769. The second-order valence-corrected chi connectivity index (χ2v) is 13.6. The summed E-state index contributed by atoms with van der Waals surface area (Å²) in [5.74, 6) is -0.762. The Morgan fingerprint density at radius 2 is 1.47 bits per heavy atom. The van der Waals surface area contributed by atoms with Crippen molar-refractivity contribution in [2.45, 2.75) is 23.2 Å². The summed E-state index contributed by atoms with van der Waals surface area (Å²) in [6, 6.07) is 40.0. The molecule has 0 radical (unpaired) electrons. The largest absolute Gasteiger partial charge is 0.489 e. The van der Waals surface area contributed by atoms with Crippen LogP contribution in [0.15, 0.2) is 144 Å². The second-order valence-electron chi connectivity index (χ2n) is 11.1. The molecule has 0 aliphatic carbocycles. The van der Waals surface area contributed by atoms with E-state index in [0.29, 0.717) is 34.9 Å². The molecule has 2 N–H and O–H groups in total. The summed E-state index contributed by atoms with van der Waals surface area (Å²) in [6.45, 7) is 0.425. The normalized spacial score (nSPS) is 14.4. The first-order valence-corrected chi connectivity index (χ1v) is 17.3. The Bertz CT molecular complexity index is 1990. The topological polar surface area (TPSA) is 105 Å². The zero-order valence-corrected chi connectivity index (χ0v) is 29.0. The molecule has 10 heteroatoms. The van der Waals surface area contributed by atoms with E-state index in [2.05, 4.69) is 33.2 Å². The van der Waals surface area contributed by atoms with Gasteiger partial charge in [-0.2, -0.15) is 0 Å². The molecule has 1 saturated heterocycles. The maximum absolute atomic E-state index is 13.5. The van der Waals surface area contributed by atoms with E-state index in [4.69, 9.17) is 4.74 Å². The summed E-state index contributed by atoms with van der Waals surface area (Å²) >= 11 is 3.48. The van der Waals surface area contributed by atoms with E-state index < -0.39 is 17.1 Å². The van der Waals surface area contributed by atoms with Crippen molar-refractivity contribution in [3.63, 3.8) is 0 Å². The van der Waals surface area contributed by atoms with Crippen molar-refractivity contribution in [1.82, 2.24) is 5.32 Å². The smallest absolute Gasteiger partial charge is 0.272 e. The Labute approximate surface area is 301 Å². The minimum atomic E-state index is -0.551. The lowest BCUT2D eigenvalue weighted by Gasteiger charge is -2.15. The Morgan fingerprint density at radius 1 is 0.816 bits per heavy atom. The van der Waals surface area contributed by atoms with E-state index in [1.807, 2.05) is 72.8 Å². The number of benzene rings is 5. The van der Waals surface area contributed by atoms with Gasteiger partial charge in [0.15, 0.2) is 0 Å². The number of ether oxygens (including phenoxy) is 1. The molecule has 1 atom stereocenters. The standard InChI is InChI=1S/C39H30IN3O5S/c40-29-13-17-31(18-14-29)43-36(44)24-35(39(43)47)49-33-21-15-30(16-22-33)41-38(46)34(42-37(45)28-9-5-2-6-10-28)23-26-11-19-32(20-12-26)48-25-27-7-3-1-4-8-27/h1-23,35H,24-25H2,(H,41,46)(H,42,45)/b34-23-. The average Bonchev–Trinajstić information content (AvgIpc) is 3.41. The van der Waals surface area contributed by atoms with Crippen molar-refractivity contribution in [2.24, 2.45) is 0 Å². The van der Waals surface area contributed by atoms with Gasteiger partial charge in [-0.3, -0.25) is 19.2 Å². The van der Waals surface area contributed by atoms with Crippen LogP contribution in [-0.4, -0.2) is 28.9 Å². The second kappa shape index (κ2) is 15.8. The molecule has 49 heavy (non-hydrogen) atoms. The molecule has 0 aromatic heterocycles. The first-order valence-electron chi connectivity index (χ1n) is 15.4. The van der Waals surface area contributed by atoms with Gasteiger partial charge in [0, 0.05) is 26.1 Å². The minimum Gasteiger partial charge on any atom is -0.489 e. The zero-order valence-electron chi connectivity index (χ0n) is 26.0. The molecule has 1 unspecified atom stereocenters. The first kappa shape index (κ1) is 33.7. The summed E-state index contributed by atoms with van der Waals surface area (Å²) in [4.78, 5) is 54.4. The number of halogens is 1. The van der Waals surface area contributed by atoms with Gasteiger partial charge in [-0.05, 0) is 113 Å². The fourth-order valence-corrected chi connectivity index (χ4v) is 6.46. The van der Waals surface area contributed by atoms with Gasteiger partial charge in [-0.1, -0.05) is 60.7 Å². The molecule has 0 bridgehead atoms. The van der Waals surface area contributed by atoms with Gasteiger partial charge in [0.25, 0.3) is 11.8 Å². The third kappa shape index (κ3) is 8.84. The molecule has 0 spiro atoms. The predicted octanol–water partition coefficient (Wildman–Crippen LogP) is 7.70. The number of rotatable bonds is 11. The van der Waals surface area contributed by atoms with E-state index in [0.717, 1.165) is 14.0 Å². The number of nitrogens with zero attached hydrogens (tertiary/aromatic N) is 1. The molecule has 1 heterocycles. The van der Waals surface area contributed by atoms with Crippen LogP contribution in [0.4, 0.5) is 11.4 Å². The monoisotopic (exact) mass is 779 g/mol. The van der Waals surface area contributed by atoms with Crippen LogP contribution in [0, 0.1) is 3.57 Å². The van der Waals surface area contributed by atoms with Crippen molar-refractivity contribution in [3.8, 4) is 5.75 Å². The number of imide groups is 1. The molecule has 1 aliphatic rings. The summed E-state index contributed by atoms with van der Waals surface area (Å²) in [5.41, 5.74) is 3.25. The SMILES string of the molecule is O=C(Nc1ccc(SC2CC(=O)N(c3ccc(I)cc3)C2=O)cc1)/C(=C/c1ccc(OCc2ccccc2)cc1)NC(=O)c1ccccc1. The molecule has 4 amide bonds. The van der Waals surface area contributed by atoms with E-state index in [9.17, 15) is 19.2 Å². The predicted molar refractivity (Wildman–Crippen MR) is 200 cm³/mol. The van der Waals surface area contributed by atoms with Crippen molar-refractivity contribution in [2.75, 3.05) is 10.2 Å². The third-order valence-electron chi connectivity index (χ3n) is 7.55. The molecule has 1 aliphatic heterocycles. The quantitative estimate of drug-likeness (QED) is 0.0810. The average molecular weight is 780 g/mol. The highest BCUT2D eigenvalue weighted by Gasteiger charge is 2.40. The van der Waals surface area contributed by atoms with Gasteiger partial charge in [0.2, 0.25) is 11.8 Å². The number of anilines is 2. The molecular formula is C39H30IN3O5S. The Morgan fingerprint density at radius 3 is 2.14 bits per heavy atom. The summed E-state index contributed by atoms with van der Waals surface area (Å²) in [5, 5.41) is 5.05. The van der Waals surface area contributed by atoms with Gasteiger partial charge in [0.1, 0.15) is 18.1 Å². The van der Waals surface area contributed by atoms with Crippen LogP contribution in [0.2, 0.25) is 0 Å². The molecule has 8 nitrogen and oxygen atoms in total. The van der Waals surface area contributed by atoms with Gasteiger partial charge in [0.05, 0.1) is 10.9 Å². The summed E-state index contributed by atoms with van der Waals surface area (Å²) in [6.07, 6.45) is 1.70. The van der Waals surface area contributed by atoms with Crippen LogP contribution in [-0.2, 0) is 21.0 Å². The van der Waals surface area contributed by atoms with Crippen LogP contribution in [0.1, 0.15) is 27.9 Å². The van der Waals surface area contributed by atoms with Crippen molar-refractivity contribution in [3.05, 3.63) is 159 Å². The highest BCUT2D eigenvalue weighted by molar-refractivity contribution is 14.1. The first-order chi connectivity index (χ1) is 23.8. The van der Waals surface area contributed by atoms with Crippen LogP contribution >= 0.6 is 34.4 Å². The molecule has 5 aromatic carbocycles. The van der Waals surface area contributed by atoms with Crippen LogP contribution in [0.3, 0.4) is 0 Å². The van der Waals surface area contributed by atoms with Gasteiger partial charge >= 0.3 is 0 Å². The third-order valence-corrected chi connectivity index (χ3v) is 9.47. The summed E-state index contributed by atoms with van der Waals surface area (Å²) < 4.78 is 6.90. The number of thioether (sulfide) groups is 1. The Kier molecular flexibility index (Phi) is 10.9. The Balaban J connectivity index is 1.13. The number of nitrogens with one attached hydrogen (secondary N) is 2. The molecule has 244 valence electrons. The maximum Gasteiger partial charge on any atom is 0.272 e. The lowest BCUT2D eigenvalue weighted by atomic mass is 10.1. The molecule has 6 rings (SSSR count). The number of hydrogen-bond donors (Lipinski definition) is 2. The van der Waals surface area contributed by atoms with Crippen molar-refractivity contribution >= 4 is 75.4 Å². The van der Waals surface area contributed by atoms with Gasteiger partial charge < -0.3 is 15.4 Å². The highest BCUT2D eigenvalue weighted by atomic mass is 127. The Hall–Kier alpha value is -5.20. The lowest BCUT2D eigenvalue weighted by molar-refractivity contribution is -0.121. The van der Waals surface area contributed by atoms with E-state index in [1.54, 1.807) is 66.7 Å². The van der Waals surface area contributed by atoms with Gasteiger partial charge in [-0.15, -0.1) is 11.8 Å².